The van der Waals surface area contributed by atoms with Gasteiger partial charge < -0.3 is 14.8 Å². The molecule has 0 heterocycles. The van der Waals surface area contributed by atoms with Crippen molar-refractivity contribution in [2.75, 3.05) is 26.6 Å². The zero-order chi connectivity index (χ0) is 23.3. The summed E-state index contributed by atoms with van der Waals surface area (Å²) in [6.07, 6.45) is 0. The fourth-order valence-electron chi connectivity index (χ4n) is 3.16. The number of benzene rings is 3. The number of hydrogen-bond donors (Lipinski definition) is 1. The van der Waals surface area contributed by atoms with Gasteiger partial charge in [0.05, 0.1) is 19.1 Å². The summed E-state index contributed by atoms with van der Waals surface area (Å²) in [5, 5.41) is 2.82. The predicted molar refractivity (Wildman–Crippen MR) is 124 cm³/mol. The number of sulfonamides is 1. The summed E-state index contributed by atoms with van der Waals surface area (Å²) >= 11 is 0. The number of amides is 1. The topological polar surface area (TPSA) is 84.9 Å². The van der Waals surface area contributed by atoms with Crippen molar-refractivity contribution >= 4 is 21.6 Å². The number of methoxy groups -OCH3 is 2. The van der Waals surface area contributed by atoms with Gasteiger partial charge in [-0.05, 0) is 49.4 Å². The van der Waals surface area contributed by atoms with Crippen LogP contribution in [0.15, 0.2) is 71.6 Å². The molecule has 0 unspecified atom stereocenters. The SMILES string of the molecule is COc1cccc(NC(=O)c2ccc(OC)c(CN(C)S(=O)(=O)c3ccc(C)cc3)c2)c1. The molecule has 3 rings (SSSR count). The Morgan fingerprint density at radius 1 is 0.969 bits per heavy atom. The van der Waals surface area contributed by atoms with Gasteiger partial charge in [0.15, 0.2) is 0 Å². The number of ether oxygens (including phenoxy) is 2. The normalized spacial score (nSPS) is 11.3. The summed E-state index contributed by atoms with van der Waals surface area (Å²) in [6.45, 7) is 1.94. The van der Waals surface area contributed by atoms with Crippen molar-refractivity contribution in [1.29, 1.82) is 0 Å². The third-order valence-electron chi connectivity index (χ3n) is 4.99. The van der Waals surface area contributed by atoms with Crippen LogP contribution in [-0.2, 0) is 16.6 Å². The molecule has 3 aromatic carbocycles. The van der Waals surface area contributed by atoms with Crippen LogP contribution < -0.4 is 14.8 Å². The summed E-state index contributed by atoms with van der Waals surface area (Å²) < 4.78 is 37.7. The predicted octanol–water partition coefficient (Wildman–Crippen LogP) is 4.09. The van der Waals surface area contributed by atoms with E-state index in [9.17, 15) is 13.2 Å². The minimum absolute atomic E-state index is 0.0413. The summed E-state index contributed by atoms with van der Waals surface area (Å²) in [4.78, 5) is 13.0. The van der Waals surface area contributed by atoms with Gasteiger partial charge in [0, 0.05) is 36.5 Å². The second-order valence-electron chi connectivity index (χ2n) is 7.29. The van der Waals surface area contributed by atoms with Crippen LogP contribution in [0.4, 0.5) is 5.69 Å². The van der Waals surface area contributed by atoms with Crippen LogP contribution >= 0.6 is 0 Å². The highest BCUT2D eigenvalue weighted by molar-refractivity contribution is 7.89. The first-order valence-electron chi connectivity index (χ1n) is 9.90. The summed E-state index contributed by atoms with van der Waals surface area (Å²) in [6, 6.07) is 18.6. The van der Waals surface area contributed by atoms with E-state index in [-0.39, 0.29) is 17.3 Å². The number of carbonyl (C=O) groups excluding carboxylic acids is 1. The highest BCUT2D eigenvalue weighted by Gasteiger charge is 2.22. The molecule has 0 aromatic heterocycles. The number of carbonyl (C=O) groups is 1. The fraction of sp³-hybridized carbons (Fsp3) is 0.208. The van der Waals surface area contributed by atoms with Crippen LogP contribution in [-0.4, -0.2) is 39.9 Å². The van der Waals surface area contributed by atoms with E-state index in [1.165, 1.54) is 18.5 Å². The van der Waals surface area contributed by atoms with Gasteiger partial charge in [0.2, 0.25) is 10.0 Å². The first-order chi connectivity index (χ1) is 15.2. The number of aryl methyl sites for hydroxylation is 1. The molecule has 0 bridgehead atoms. The van der Waals surface area contributed by atoms with Crippen molar-refractivity contribution in [3.63, 3.8) is 0 Å². The maximum Gasteiger partial charge on any atom is 0.255 e. The number of anilines is 1. The number of nitrogens with one attached hydrogen (secondary N) is 1. The van der Waals surface area contributed by atoms with Crippen molar-refractivity contribution < 1.29 is 22.7 Å². The van der Waals surface area contributed by atoms with E-state index in [2.05, 4.69) is 5.32 Å². The zero-order valence-corrected chi connectivity index (χ0v) is 19.3. The van der Waals surface area contributed by atoms with Gasteiger partial charge in [-0.3, -0.25) is 4.79 Å². The molecule has 32 heavy (non-hydrogen) atoms. The molecule has 8 heteroatoms. The Morgan fingerprint density at radius 2 is 1.69 bits per heavy atom. The van der Waals surface area contributed by atoms with Gasteiger partial charge in [-0.25, -0.2) is 8.42 Å². The second kappa shape index (κ2) is 9.84. The van der Waals surface area contributed by atoms with Gasteiger partial charge in [0.25, 0.3) is 5.91 Å². The Morgan fingerprint density at radius 3 is 2.34 bits per heavy atom. The van der Waals surface area contributed by atoms with Crippen molar-refractivity contribution in [1.82, 2.24) is 4.31 Å². The lowest BCUT2D eigenvalue weighted by atomic mass is 10.1. The molecule has 1 amide bonds. The van der Waals surface area contributed by atoms with E-state index in [1.807, 2.05) is 6.92 Å². The smallest absolute Gasteiger partial charge is 0.255 e. The van der Waals surface area contributed by atoms with E-state index in [0.29, 0.717) is 28.3 Å². The van der Waals surface area contributed by atoms with Crippen LogP contribution in [0.2, 0.25) is 0 Å². The van der Waals surface area contributed by atoms with Gasteiger partial charge in [0.1, 0.15) is 11.5 Å². The molecule has 0 saturated carbocycles. The van der Waals surface area contributed by atoms with Crippen LogP contribution in [0.1, 0.15) is 21.5 Å². The van der Waals surface area contributed by atoms with Crippen LogP contribution in [0, 0.1) is 6.92 Å². The van der Waals surface area contributed by atoms with Crippen molar-refractivity contribution in [2.24, 2.45) is 0 Å². The lowest BCUT2D eigenvalue weighted by Gasteiger charge is -2.19. The molecule has 0 fully saturated rings. The lowest BCUT2D eigenvalue weighted by molar-refractivity contribution is 0.102. The third kappa shape index (κ3) is 5.27. The average Bonchev–Trinajstić information content (AvgIpc) is 2.79. The highest BCUT2D eigenvalue weighted by Crippen LogP contribution is 2.25. The molecule has 0 radical (unpaired) electrons. The first-order valence-corrected chi connectivity index (χ1v) is 11.3. The molecule has 7 nitrogen and oxygen atoms in total. The first kappa shape index (κ1) is 23.3. The molecule has 0 saturated heterocycles. The van der Waals surface area contributed by atoms with Crippen molar-refractivity contribution in [2.45, 2.75) is 18.4 Å². The number of rotatable bonds is 8. The maximum absolute atomic E-state index is 13.0. The molecule has 0 aliphatic rings. The maximum atomic E-state index is 13.0. The fourth-order valence-corrected chi connectivity index (χ4v) is 4.31. The van der Waals surface area contributed by atoms with E-state index in [0.717, 1.165) is 5.56 Å². The minimum Gasteiger partial charge on any atom is -0.497 e. The lowest BCUT2D eigenvalue weighted by Crippen LogP contribution is -2.27. The van der Waals surface area contributed by atoms with E-state index < -0.39 is 10.0 Å². The van der Waals surface area contributed by atoms with Crippen molar-refractivity contribution in [3.05, 3.63) is 83.4 Å². The highest BCUT2D eigenvalue weighted by atomic mass is 32.2. The van der Waals surface area contributed by atoms with Gasteiger partial charge in [-0.1, -0.05) is 23.8 Å². The second-order valence-corrected chi connectivity index (χ2v) is 9.33. The van der Waals surface area contributed by atoms with Crippen LogP contribution in [0.3, 0.4) is 0 Å². The monoisotopic (exact) mass is 454 g/mol. The molecule has 1 N–H and O–H groups in total. The number of nitrogens with zero attached hydrogens (tertiary/aromatic N) is 1. The van der Waals surface area contributed by atoms with Crippen molar-refractivity contribution in [3.8, 4) is 11.5 Å². The Kier molecular flexibility index (Phi) is 7.17. The Balaban J connectivity index is 1.84. The molecule has 0 aliphatic carbocycles. The van der Waals surface area contributed by atoms with Gasteiger partial charge in [-0.15, -0.1) is 0 Å². The molecular weight excluding hydrogens is 428 g/mol. The quantitative estimate of drug-likeness (QED) is 0.554. The molecule has 168 valence electrons. The Hall–Kier alpha value is -3.36. The summed E-state index contributed by atoms with van der Waals surface area (Å²) in [5.74, 6) is 0.793. The van der Waals surface area contributed by atoms with Crippen LogP contribution in [0.25, 0.3) is 0 Å². The van der Waals surface area contributed by atoms with Gasteiger partial charge >= 0.3 is 0 Å². The third-order valence-corrected chi connectivity index (χ3v) is 6.81. The zero-order valence-electron chi connectivity index (χ0n) is 18.5. The van der Waals surface area contributed by atoms with E-state index in [4.69, 9.17) is 9.47 Å². The molecule has 3 aromatic rings. The van der Waals surface area contributed by atoms with E-state index in [1.54, 1.807) is 73.8 Å². The largest absolute Gasteiger partial charge is 0.497 e. The van der Waals surface area contributed by atoms with E-state index >= 15 is 0 Å². The molecule has 0 atom stereocenters. The number of hydrogen-bond acceptors (Lipinski definition) is 5. The van der Waals surface area contributed by atoms with Gasteiger partial charge in [-0.2, -0.15) is 4.31 Å². The molecule has 0 aliphatic heterocycles. The molecule has 0 spiro atoms. The standard InChI is InChI=1S/C24H26N2O5S/c1-17-8-11-22(12-9-17)32(28,29)26(2)16-19-14-18(10-13-23(19)31-4)24(27)25-20-6-5-7-21(15-20)30-3/h5-15H,16H2,1-4H3,(H,25,27). The summed E-state index contributed by atoms with van der Waals surface area (Å²) in [5.41, 5.74) is 2.52. The Labute approximate surface area is 188 Å². The Bertz CT molecular complexity index is 1210. The minimum atomic E-state index is -3.70. The molecular formula is C24H26N2O5S. The average molecular weight is 455 g/mol. The summed E-state index contributed by atoms with van der Waals surface area (Å²) in [7, 11) is 0.849. The van der Waals surface area contributed by atoms with Crippen LogP contribution in [0.5, 0.6) is 11.5 Å².